The summed E-state index contributed by atoms with van der Waals surface area (Å²) in [6.45, 7) is 15.2. The molecule has 0 atom stereocenters. The molecule has 50 heavy (non-hydrogen) atoms. The topological polar surface area (TPSA) is 31.7 Å². The molecule has 0 aliphatic heterocycles. The zero-order chi connectivity index (χ0) is 33.1. The summed E-state index contributed by atoms with van der Waals surface area (Å²) in [7, 11) is 0. The van der Waals surface area contributed by atoms with Gasteiger partial charge in [-0.2, -0.15) is 0 Å². The van der Waals surface area contributed by atoms with Crippen molar-refractivity contribution >= 4 is 108 Å². The second-order valence-electron chi connectivity index (χ2n) is 12.7. The fraction of sp³-hybridized carbons (Fsp3) is 0. The van der Waals surface area contributed by atoms with Crippen LogP contribution in [0, 0.1) is 13.1 Å². The molecule has 0 N–H and O–H groups in total. The van der Waals surface area contributed by atoms with Crippen LogP contribution >= 0.6 is 11.3 Å². The minimum Gasteiger partial charge on any atom is -0.456 e. The molecular weight excluding hydrogens is 633 g/mol. The van der Waals surface area contributed by atoms with E-state index in [1.165, 1.54) is 30.9 Å². The summed E-state index contributed by atoms with van der Waals surface area (Å²) >= 11 is 1.80. The highest BCUT2D eigenvalue weighted by molar-refractivity contribution is 7.25. The number of para-hydroxylation sites is 2. The monoisotopic (exact) mass is 654 g/mol. The van der Waals surface area contributed by atoms with Crippen molar-refractivity contribution in [2.75, 3.05) is 0 Å². The number of rotatable bonds is 2. The Morgan fingerprint density at radius 2 is 0.980 bits per heavy atom. The van der Waals surface area contributed by atoms with Gasteiger partial charge in [-0.3, -0.25) is 0 Å². The molecule has 0 fully saturated rings. The summed E-state index contributed by atoms with van der Waals surface area (Å²) in [4.78, 5) is 7.37. The van der Waals surface area contributed by atoms with Gasteiger partial charge in [0.15, 0.2) is 11.4 Å². The van der Waals surface area contributed by atoms with E-state index in [0.29, 0.717) is 11.4 Å². The molecule has 0 spiro atoms. The van der Waals surface area contributed by atoms with Gasteiger partial charge in [0, 0.05) is 59.2 Å². The Hall–Kier alpha value is -6.86. The highest BCUT2D eigenvalue weighted by Gasteiger charge is 2.19. The van der Waals surface area contributed by atoms with Gasteiger partial charge in [0.05, 0.1) is 35.2 Å². The Morgan fingerprint density at radius 3 is 1.64 bits per heavy atom. The molecule has 11 rings (SSSR count). The lowest BCUT2D eigenvalue weighted by Gasteiger charge is -2.10. The van der Waals surface area contributed by atoms with Crippen molar-refractivity contribution in [1.82, 2.24) is 9.13 Å². The first-order chi connectivity index (χ1) is 24.7. The smallest absolute Gasteiger partial charge is 0.188 e. The third-order valence-electron chi connectivity index (χ3n) is 10.1. The van der Waals surface area contributed by atoms with E-state index in [1.807, 2.05) is 48.5 Å². The highest BCUT2D eigenvalue weighted by atomic mass is 32.1. The van der Waals surface area contributed by atoms with E-state index in [2.05, 4.69) is 104 Å². The quantitative estimate of drug-likeness (QED) is 0.171. The molecule has 0 bridgehead atoms. The van der Waals surface area contributed by atoms with E-state index in [1.54, 1.807) is 11.3 Å². The lowest BCUT2D eigenvalue weighted by atomic mass is 10.1. The van der Waals surface area contributed by atoms with Gasteiger partial charge in [-0.1, -0.05) is 48.5 Å². The van der Waals surface area contributed by atoms with Crippen LogP contribution in [0.5, 0.6) is 0 Å². The largest absolute Gasteiger partial charge is 0.456 e. The molecule has 0 unspecified atom stereocenters. The molecule has 0 radical (unpaired) electrons. The lowest BCUT2D eigenvalue weighted by molar-refractivity contribution is 0.669. The molecule has 4 heterocycles. The zero-order valence-corrected chi connectivity index (χ0v) is 27.1. The first kappa shape index (κ1) is 27.1. The van der Waals surface area contributed by atoms with Crippen molar-refractivity contribution in [2.24, 2.45) is 0 Å². The van der Waals surface area contributed by atoms with Gasteiger partial charge in [0.1, 0.15) is 11.2 Å². The molecule has 11 aromatic rings. The van der Waals surface area contributed by atoms with Crippen molar-refractivity contribution in [2.45, 2.75) is 0 Å². The van der Waals surface area contributed by atoms with Crippen LogP contribution in [0.1, 0.15) is 0 Å². The second-order valence-corrected chi connectivity index (χ2v) is 13.8. The molecule has 0 aliphatic rings. The van der Waals surface area contributed by atoms with Crippen LogP contribution in [0.4, 0.5) is 11.4 Å². The number of hydrogen-bond donors (Lipinski definition) is 0. The molecule has 7 aromatic carbocycles. The van der Waals surface area contributed by atoms with Crippen LogP contribution in [0.3, 0.4) is 0 Å². The van der Waals surface area contributed by atoms with Gasteiger partial charge in [-0.05, 0) is 89.6 Å². The fourth-order valence-electron chi connectivity index (χ4n) is 7.91. The molecule has 0 saturated heterocycles. The summed E-state index contributed by atoms with van der Waals surface area (Å²) in [5.74, 6) is 0. The van der Waals surface area contributed by atoms with Crippen molar-refractivity contribution in [3.63, 3.8) is 0 Å². The minimum atomic E-state index is 0.586. The maximum atomic E-state index is 7.61. The van der Waals surface area contributed by atoms with Crippen LogP contribution in [-0.2, 0) is 0 Å². The Morgan fingerprint density at radius 1 is 0.420 bits per heavy atom. The first-order valence-corrected chi connectivity index (χ1v) is 17.1. The van der Waals surface area contributed by atoms with Gasteiger partial charge < -0.3 is 13.6 Å². The molecular formula is C44H22N4OS. The summed E-state index contributed by atoms with van der Waals surface area (Å²) in [5.41, 5.74) is 9.37. The van der Waals surface area contributed by atoms with E-state index in [4.69, 9.17) is 17.6 Å². The predicted octanol–water partition coefficient (Wildman–Crippen LogP) is 13.2. The number of hydrogen-bond acceptors (Lipinski definition) is 2. The third-order valence-corrected chi connectivity index (χ3v) is 11.3. The number of nitrogens with zero attached hydrogens (tertiary/aromatic N) is 4. The molecule has 0 aliphatic carbocycles. The van der Waals surface area contributed by atoms with E-state index >= 15 is 0 Å². The number of thiophene rings is 1. The van der Waals surface area contributed by atoms with E-state index in [9.17, 15) is 0 Å². The first-order valence-electron chi connectivity index (χ1n) is 16.3. The number of fused-ring (bicyclic) bond motifs is 12. The van der Waals surface area contributed by atoms with Crippen LogP contribution in [0.2, 0.25) is 0 Å². The van der Waals surface area contributed by atoms with Crippen molar-refractivity contribution in [1.29, 1.82) is 0 Å². The predicted molar refractivity (Wildman–Crippen MR) is 208 cm³/mol. The molecule has 6 heteroatoms. The van der Waals surface area contributed by atoms with Gasteiger partial charge >= 0.3 is 0 Å². The SMILES string of the molecule is [C-]#[N+]c1ccc2c(c1)c1cc([N+]#[C-])ccc1n2-c1ccc2sc3ccc(-n4c5ccccc5c5cc6c(cc54)oc4ccccc46)cc3c2c1. The van der Waals surface area contributed by atoms with Gasteiger partial charge in [-0.15, -0.1) is 11.3 Å². The maximum absolute atomic E-state index is 7.61. The van der Waals surface area contributed by atoms with Crippen molar-refractivity contribution in [3.05, 3.63) is 156 Å². The van der Waals surface area contributed by atoms with Gasteiger partial charge in [0.2, 0.25) is 0 Å². The standard InChI is InChI=1S/C44H22N4OS/c1-45-25-11-15-38-31(19-25)32-20-26(46-2)12-16-39(32)47(38)27-13-17-43-35(21-27)36-22-28(14-18-44(36)50-43)48-37-9-5-3-7-29(37)33-23-34-30-8-4-6-10-41(30)49-42(34)24-40(33)48/h3-24H. The lowest BCUT2D eigenvalue weighted by Crippen LogP contribution is -1.94. The van der Waals surface area contributed by atoms with E-state index in [-0.39, 0.29) is 0 Å². The number of aromatic nitrogens is 2. The highest BCUT2D eigenvalue weighted by Crippen LogP contribution is 2.42. The van der Waals surface area contributed by atoms with Crippen molar-refractivity contribution < 1.29 is 4.42 Å². The number of furan rings is 1. The number of benzene rings is 7. The second kappa shape index (κ2) is 9.84. The van der Waals surface area contributed by atoms with Crippen LogP contribution in [-0.4, -0.2) is 9.13 Å². The van der Waals surface area contributed by atoms with Gasteiger partial charge in [0.25, 0.3) is 0 Å². The van der Waals surface area contributed by atoms with Crippen molar-refractivity contribution in [3.8, 4) is 11.4 Å². The molecule has 0 amide bonds. The Balaban J connectivity index is 1.16. The Labute approximate surface area is 288 Å². The average molecular weight is 655 g/mol. The normalized spacial score (nSPS) is 12.0. The van der Waals surface area contributed by atoms with Crippen LogP contribution in [0.25, 0.3) is 107 Å². The summed E-state index contributed by atoms with van der Waals surface area (Å²) in [6.07, 6.45) is 0. The Bertz CT molecular complexity index is 3290. The maximum Gasteiger partial charge on any atom is 0.188 e. The summed E-state index contributed by atoms with van der Waals surface area (Å²) in [6, 6.07) is 46.5. The average Bonchev–Trinajstić information content (AvgIpc) is 3.90. The summed E-state index contributed by atoms with van der Waals surface area (Å²) in [5, 5.41) is 9.01. The molecule has 4 aromatic heterocycles. The molecule has 5 nitrogen and oxygen atoms in total. The summed E-state index contributed by atoms with van der Waals surface area (Å²) < 4.78 is 13.4. The van der Waals surface area contributed by atoms with Crippen LogP contribution in [0.15, 0.2) is 138 Å². The molecule has 230 valence electrons. The minimum absolute atomic E-state index is 0.586. The van der Waals surface area contributed by atoms with Gasteiger partial charge in [-0.25, -0.2) is 9.69 Å². The Kier molecular flexibility index (Phi) is 5.34. The zero-order valence-electron chi connectivity index (χ0n) is 26.3. The fourth-order valence-corrected chi connectivity index (χ4v) is 8.98. The third kappa shape index (κ3) is 3.63. The van der Waals surface area contributed by atoms with E-state index in [0.717, 1.165) is 66.2 Å². The van der Waals surface area contributed by atoms with Crippen LogP contribution < -0.4 is 0 Å². The van der Waals surface area contributed by atoms with E-state index < -0.39 is 0 Å². The molecule has 0 saturated carbocycles.